The second-order valence-electron chi connectivity index (χ2n) is 7.11. The minimum atomic E-state index is -0.202. The Morgan fingerprint density at radius 2 is 1.48 bits per heavy atom. The molecule has 0 aliphatic rings. The van der Waals surface area contributed by atoms with E-state index in [2.05, 4.69) is 30.9 Å². The van der Waals surface area contributed by atoms with Crippen molar-refractivity contribution in [2.75, 3.05) is 16.0 Å². The van der Waals surface area contributed by atoms with Crippen molar-refractivity contribution in [1.29, 1.82) is 0 Å². The molecule has 1 amide bonds. The van der Waals surface area contributed by atoms with Crippen LogP contribution in [0.4, 0.5) is 28.8 Å². The van der Waals surface area contributed by atoms with Gasteiger partial charge in [-0.05, 0) is 62.4 Å². The van der Waals surface area contributed by atoms with Crippen LogP contribution in [-0.4, -0.2) is 20.9 Å². The van der Waals surface area contributed by atoms with E-state index in [9.17, 15) is 4.79 Å². The highest BCUT2D eigenvalue weighted by Crippen LogP contribution is 2.21. The normalized spacial score (nSPS) is 10.4. The van der Waals surface area contributed by atoms with Crippen LogP contribution in [0.2, 0.25) is 0 Å². The minimum Gasteiger partial charge on any atom is -0.340 e. The number of carbonyl (C=O) groups is 1. The summed E-state index contributed by atoms with van der Waals surface area (Å²) in [6, 6.07) is 20.8. The predicted molar refractivity (Wildman–Crippen MR) is 123 cm³/mol. The smallest absolute Gasteiger partial charge is 0.257 e. The fourth-order valence-corrected chi connectivity index (χ4v) is 2.94. The molecule has 0 unspecified atom stereocenters. The fraction of sp³-hybridized carbons (Fsp3) is 0.0833. The van der Waals surface area contributed by atoms with Crippen LogP contribution in [0.15, 0.2) is 79.1 Å². The van der Waals surface area contributed by atoms with E-state index in [1.165, 1.54) is 11.8 Å². The molecule has 154 valence electrons. The van der Waals surface area contributed by atoms with E-state index in [4.69, 9.17) is 0 Å². The fourth-order valence-electron chi connectivity index (χ4n) is 2.94. The Labute approximate surface area is 180 Å². The van der Waals surface area contributed by atoms with Crippen LogP contribution in [-0.2, 0) is 0 Å². The molecule has 0 saturated carbocycles. The van der Waals surface area contributed by atoms with Crippen molar-refractivity contribution in [3.8, 4) is 0 Å². The number of hydrogen-bond donors (Lipinski definition) is 3. The van der Waals surface area contributed by atoms with Gasteiger partial charge in [-0.1, -0.05) is 17.7 Å². The number of aryl methyl sites for hydroxylation is 2. The van der Waals surface area contributed by atoms with Crippen LogP contribution in [0.3, 0.4) is 0 Å². The lowest BCUT2D eigenvalue weighted by Gasteiger charge is -2.11. The second kappa shape index (κ2) is 9.04. The van der Waals surface area contributed by atoms with Crippen LogP contribution < -0.4 is 16.0 Å². The van der Waals surface area contributed by atoms with E-state index in [0.717, 1.165) is 17.1 Å². The van der Waals surface area contributed by atoms with Crippen LogP contribution in [0.1, 0.15) is 21.6 Å². The highest BCUT2D eigenvalue weighted by Gasteiger charge is 2.07. The van der Waals surface area contributed by atoms with Crippen molar-refractivity contribution >= 4 is 34.7 Å². The van der Waals surface area contributed by atoms with Gasteiger partial charge in [0.1, 0.15) is 5.82 Å². The molecule has 7 heteroatoms. The maximum Gasteiger partial charge on any atom is 0.257 e. The van der Waals surface area contributed by atoms with Gasteiger partial charge in [0.2, 0.25) is 5.95 Å². The molecule has 0 saturated heterocycles. The van der Waals surface area contributed by atoms with Crippen molar-refractivity contribution in [3.63, 3.8) is 0 Å². The quantitative estimate of drug-likeness (QED) is 0.403. The van der Waals surface area contributed by atoms with Crippen LogP contribution >= 0.6 is 0 Å². The van der Waals surface area contributed by atoms with E-state index in [1.54, 1.807) is 18.3 Å². The molecule has 3 N–H and O–H groups in total. The summed E-state index contributed by atoms with van der Waals surface area (Å²) < 4.78 is 0. The zero-order valence-electron chi connectivity index (χ0n) is 17.3. The molecule has 4 aromatic rings. The molecule has 2 aromatic heterocycles. The summed E-state index contributed by atoms with van der Waals surface area (Å²) in [7, 11) is 0. The predicted octanol–water partition coefficient (Wildman–Crippen LogP) is 5.23. The summed E-state index contributed by atoms with van der Waals surface area (Å²) in [5.74, 6) is 0.994. The van der Waals surface area contributed by atoms with Gasteiger partial charge in [0.05, 0.1) is 5.56 Å². The summed E-state index contributed by atoms with van der Waals surface area (Å²) in [5.41, 5.74) is 5.01. The van der Waals surface area contributed by atoms with Gasteiger partial charge in [-0.2, -0.15) is 4.98 Å². The summed E-state index contributed by atoms with van der Waals surface area (Å²) in [6.45, 7) is 3.97. The molecule has 0 fully saturated rings. The molecule has 0 radical (unpaired) electrons. The Balaban J connectivity index is 1.43. The molecule has 0 aliphatic carbocycles. The standard InChI is InChI=1S/C24H22N6O/c1-16-5-7-21(8-6-16)29-24-26-17(2)14-22(30-24)27-19-9-11-20(12-10-19)28-23(31)18-4-3-13-25-15-18/h3-15H,1-2H3,(H,28,31)(H2,26,27,29,30). The van der Waals surface area contributed by atoms with Gasteiger partial charge in [-0.15, -0.1) is 0 Å². The first-order chi connectivity index (χ1) is 15.0. The molecule has 0 bridgehead atoms. The van der Waals surface area contributed by atoms with Gasteiger partial charge in [-0.25, -0.2) is 4.98 Å². The van der Waals surface area contributed by atoms with Crippen LogP contribution in [0.25, 0.3) is 0 Å². The third kappa shape index (κ3) is 5.42. The third-order valence-electron chi connectivity index (χ3n) is 4.50. The SMILES string of the molecule is Cc1ccc(Nc2nc(C)cc(Nc3ccc(NC(=O)c4cccnc4)cc3)n2)cc1. The van der Waals surface area contributed by atoms with E-state index in [0.29, 0.717) is 23.0 Å². The lowest BCUT2D eigenvalue weighted by atomic mass is 10.2. The number of carbonyl (C=O) groups excluding carboxylic acids is 1. The van der Waals surface area contributed by atoms with E-state index < -0.39 is 0 Å². The molecule has 2 heterocycles. The summed E-state index contributed by atoms with van der Waals surface area (Å²) in [5, 5.41) is 9.36. The van der Waals surface area contributed by atoms with Crippen LogP contribution in [0.5, 0.6) is 0 Å². The molecule has 0 spiro atoms. The average Bonchev–Trinajstić information content (AvgIpc) is 2.77. The maximum atomic E-state index is 12.2. The molecule has 4 rings (SSSR count). The third-order valence-corrected chi connectivity index (χ3v) is 4.50. The summed E-state index contributed by atoms with van der Waals surface area (Å²) in [6.07, 6.45) is 3.17. The van der Waals surface area contributed by atoms with Crippen molar-refractivity contribution in [2.45, 2.75) is 13.8 Å². The molecule has 0 atom stereocenters. The highest BCUT2D eigenvalue weighted by atomic mass is 16.1. The number of pyridine rings is 1. The lowest BCUT2D eigenvalue weighted by molar-refractivity contribution is 0.102. The van der Waals surface area contributed by atoms with Gasteiger partial charge in [0.25, 0.3) is 5.91 Å². The van der Waals surface area contributed by atoms with E-state index in [-0.39, 0.29) is 5.91 Å². The summed E-state index contributed by atoms with van der Waals surface area (Å²) in [4.78, 5) is 25.2. The first-order valence-corrected chi connectivity index (χ1v) is 9.83. The first kappa shape index (κ1) is 20.0. The number of amides is 1. The molecule has 31 heavy (non-hydrogen) atoms. The number of nitrogens with zero attached hydrogens (tertiary/aromatic N) is 3. The first-order valence-electron chi connectivity index (χ1n) is 9.83. The largest absolute Gasteiger partial charge is 0.340 e. The number of hydrogen-bond acceptors (Lipinski definition) is 6. The van der Waals surface area contributed by atoms with Gasteiger partial charge in [0, 0.05) is 41.2 Å². The molecule has 0 aliphatic heterocycles. The molecule has 7 nitrogen and oxygen atoms in total. The molecular weight excluding hydrogens is 388 g/mol. The number of anilines is 5. The van der Waals surface area contributed by atoms with Gasteiger partial charge >= 0.3 is 0 Å². The highest BCUT2D eigenvalue weighted by molar-refractivity contribution is 6.04. The average molecular weight is 410 g/mol. The zero-order valence-corrected chi connectivity index (χ0v) is 17.3. The Bertz CT molecular complexity index is 1180. The molecule has 2 aromatic carbocycles. The van der Waals surface area contributed by atoms with Gasteiger partial charge in [0.15, 0.2) is 0 Å². The Morgan fingerprint density at radius 3 is 2.19 bits per heavy atom. The van der Waals surface area contributed by atoms with Crippen molar-refractivity contribution in [3.05, 3.63) is 95.9 Å². The van der Waals surface area contributed by atoms with Crippen molar-refractivity contribution in [2.24, 2.45) is 0 Å². The van der Waals surface area contributed by atoms with Crippen LogP contribution in [0, 0.1) is 13.8 Å². The van der Waals surface area contributed by atoms with E-state index >= 15 is 0 Å². The maximum absolute atomic E-state index is 12.2. The molecular formula is C24H22N6O. The Morgan fingerprint density at radius 1 is 0.806 bits per heavy atom. The van der Waals surface area contributed by atoms with Crippen molar-refractivity contribution in [1.82, 2.24) is 15.0 Å². The topological polar surface area (TPSA) is 91.8 Å². The number of nitrogens with one attached hydrogen (secondary N) is 3. The Kier molecular flexibility index (Phi) is 5.84. The number of rotatable bonds is 6. The minimum absolute atomic E-state index is 0.202. The van der Waals surface area contributed by atoms with Gasteiger partial charge < -0.3 is 16.0 Å². The Hall–Kier alpha value is -4.26. The number of aromatic nitrogens is 3. The zero-order chi connectivity index (χ0) is 21.6. The van der Waals surface area contributed by atoms with E-state index in [1.807, 2.05) is 68.4 Å². The van der Waals surface area contributed by atoms with Crippen molar-refractivity contribution < 1.29 is 4.79 Å². The van der Waals surface area contributed by atoms with Gasteiger partial charge in [-0.3, -0.25) is 9.78 Å². The number of benzene rings is 2. The summed E-state index contributed by atoms with van der Waals surface area (Å²) >= 11 is 0. The lowest BCUT2D eigenvalue weighted by Crippen LogP contribution is -2.11. The second-order valence-corrected chi connectivity index (χ2v) is 7.11. The monoisotopic (exact) mass is 410 g/mol.